The molecular weight excluding hydrogens is 688 g/mol. The van der Waals surface area contributed by atoms with Gasteiger partial charge in [-0.1, -0.05) is 37.0 Å². The molecule has 2 amide bonds. The van der Waals surface area contributed by atoms with Crippen molar-refractivity contribution in [2.45, 2.75) is 69.6 Å². The van der Waals surface area contributed by atoms with E-state index in [-0.39, 0.29) is 34.4 Å². The Kier molecular flexibility index (Phi) is 11.5. The normalized spacial score (nSPS) is 22.3. The zero-order valence-electron chi connectivity index (χ0n) is 25.5. The van der Waals surface area contributed by atoms with Crippen molar-refractivity contribution in [1.29, 1.82) is 0 Å². The van der Waals surface area contributed by atoms with E-state index in [0.717, 1.165) is 12.1 Å². The lowest BCUT2D eigenvalue weighted by atomic mass is 9.59. The van der Waals surface area contributed by atoms with E-state index in [1.807, 2.05) is 0 Å². The monoisotopic (exact) mass is 722 g/mol. The maximum absolute atomic E-state index is 13.8. The molecule has 3 aliphatic carbocycles. The Bertz CT molecular complexity index is 1550. The van der Waals surface area contributed by atoms with Gasteiger partial charge >= 0.3 is 13.8 Å². The highest BCUT2D eigenvalue weighted by Crippen LogP contribution is 2.49. The Hall–Kier alpha value is -3.00. The van der Waals surface area contributed by atoms with E-state index in [1.54, 1.807) is 13.8 Å². The van der Waals surface area contributed by atoms with Crippen LogP contribution in [-0.4, -0.2) is 64.6 Å². The van der Waals surface area contributed by atoms with Gasteiger partial charge in [0.1, 0.15) is 29.2 Å². The molecule has 5 rings (SSSR count). The molecule has 0 heterocycles. The maximum atomic E-state index is 13.8. The summed E-state index contributed by atoms with van der Waals surface area (Å²) in [6.45, 7) is 1.81. The molecule has 2 aromatic carbocycles. The molecule has 0 aliphatic heterocycles. The number of hydrogen-bond donors (Lipinski definition) is 4. The van der Waals surface area contributed by atoms with E-state index in [2.05, 4.69) is 15.2 Å². The smallest absolute Gasteiger partial charge is 0.469 e. The van der Waals surface area contributed by atoms with Crippen molar-refractivity contribution in [3.63, 3.8) is 0 Å². The number of phosphoric ester groups is 1. The van der Waals surface area contributed by atoms with Crippen molar-refractivity contribution in [3.05, 3.63) is 58.1 Å². The minimum atomic E-state index is -4.78. The summed E-state index contributed by atoms with van der Waals surface area (Å²) < 4.78 is 60.1. The second-order valence-electron chi connectivity index (χ2n) is 12.5. The van der Waals surface area contributed by atoms with Gasteiger partial charge in [-0.3, -0.25) is 18.9 Å². The first-order valence-corrected chi connectivity index (χ1v) is 16.8. The number of rotatable bonds is 14. The molecule has 3 fully saturated rings. The van der Waals surface area contributed by atoms with Crippen molar-refractivity contribution in [3.8, 4) is 11.5 Å². The Morgan fingerprint density at radius 2 is 1.43 bits per heavy atom. The average Bonchev–Trinajstić information content (AvgIpc) is 2.98. The molecule has 258 valence electrons. The number of esters is 1. The van der Waals surface area contributed by atoms with Gasteiger partial charge in [0.25, 0.3) is 11.8 Å². The number of carbonyl (C=O) groups is 3. The summed E-state index contributed by atoms with van der Waals surface area (Å²) in [5.74, 6) is -2.99. The van der Waals surface area contributed by atoms with Crippen LogP contribution in [0.25, 0.3) is 0 Å². The van der Waals surface area contributed by atoms with E-state index in [0.29, 0.717) is 25.7 Å². The van der Waals surface area contributed by atoms with Crippen LogP contribution in [0.5, 0.6) is 11.5 Å². The van der Waals surface area contributed by atoms with Gasteiger partial charge in [0.15, 0.2) is 13.2 Å². The Morgan fingerprint density at radius 3 is 1.91 bits per heavy atom. The van der Waals surface area contributed by atoms with Gasteiger partial charge in [0.05, 0.1) is 28.6 Å². The predicted octanol–water partition coefficient (Wildman–Crippen LogP) is 4.85. The fourth-order valence-electron chi connectivity index (χ4n) is 5.76. The van der Waals surface area contributed by atoms with Crippen molar-refractivity contribution in [2.24, 2.45) is 5.41 Å². The molecule has 12 nitrogen and oxygen atoms in total. The fourth-order valence-corrected chi connectivity index (χ4v) is 6.52. The number of halogens is 4. The summed E-state index contributed by atoms with van der Waals surface area (Å²) in [5, 5.41) is 5.70. The Balaban J connectivity index is 1.45. The molecule has 0 unspecified atom stereocenters. The lowest BCUT2D eigenvalue weighted by molar-refractivity contribution is -0.169. The fraction of sp³-hybridized carbons (Fsp3) is 0.500. The molecule has 4 N–H and O–H groups in total. The molecule has 0 spiro atoms. The van der Waals surface area contributed by atoms with Crippen molar-refractivity contribution in [2.75, 3.05) is 19.8 Å². The highest BCUT2D eigenvalue weighted by molar-refractivity contribution is 7.46. The largest absolute Gasteiger partial charge is 0.484 e. The molecule has 3 saturated carbocycles. The van der Waals surface area contributed by atoms with Gasteiger partial charge in [0, 0.05) is 24.1 Å². The summed E-state index contributed by atoms with van der Waals surface area (Å²) in [5.41, 5.74) is -2.87. The molecule has 2 aromatic rings. The number of phosphoric acid groups is 1. The molecule has 0 radical (unpaired) electrons. The van der Waals surface area contributed by atoms with Crippen LogP contribution in [-0.2, 0) is 28.2 Å². The molecule has 47 heavy (non-hydrogen) atoms. The SMILES string of the molecule is CC(C)(COP(=O)(O)O)CC(=O)O[C@H]1CC2(NC(=O)COc3ccc(Cl)c(F)c3)CCC1(NC(=O)COc1ccc(Cl)c(F)c1)CC2. The number of amides is 2. The molecular formula is C30H35Cl2F2N2O10P. The minimum absolute atomic E-state index is 0.0832. The van der Waals surface area contributed by atoms with Gasteiger partial charge in [-0.15, -0.1) is 0 Å². The summed E-state index contributed by atoms with van der Waals surface area (Å²) >= 11 is 11.4. The third kappa shape index (κ3) is 10.2. The van der Waals surface area contributed by atoms with Crippen LogP contribution >= 0.6 is 31.0 Å². The molecule has 0 aromatic heterocycles. The van der Waals surface area contributed by atoms with Gasteiger partial charge < -0.3 is 34.6 Å². The summed E-state index contributed by atoms with van der Waals surface area (Å²) in [4.78, 5) is 57.3. The average molecular weight is 723 g/mol. The van der Waals surface area contributed by atoms with E-state index in [1.165, 1.54) is 24.3 Å². The van der Waals surface area contributed by atoms with E-state index in [4.69, 9.17) is 47.2 Å². The van der Waals surface area contributed by atoms with Crippen LogP contribution in [0.15, 0.2) is 36.4 Å². The number of ether oxygens (including phenoxy) is 3. The zero-order valence-corrected chi connectivity index (χ0v) is 27.9. The third-order valence-electron chi connectivity index (χ3n) is 8.13. The summed E-state index contributed by atoms with van der Waals surface area (Å²) in [7, 11) is -4.78. The number of nitrogens with one attached hydrogen (secondary N) is 2. The van der Waals surface area contributed by atoms with Crippen LogP contribution in [0.2, 0.25) is 10.0 Å². The number of benzene rings is 2. The molecule has 17 heteroatoms. The van der Waals surface area contributed by atoms with Crippen LogP contribution in [0, 0.1) is 17.0 Å². The highest BCUT2D eigenvalue weighted by Gasteiger charge is 2.57. The van der Waals surface area contributed by atoms with Crippen molar-refractivity contribution in [1.82, 2.24) is 10.6 Å². The van der Waals surface area contributed by atoms with E-state index >= 15 is 0 Å². The summed E-state index contributed by atoms with van der Waals surface area (Å²) in [6, 6.07) is 7.52. The molecule has 2 bridgehead atoms. The lowest BCUT2D eigenvalue weighted by Gasteiger charge is -2.57. The number of hydrogen-bond acceptors (Lipinski definition) is 8. The lowest BCUT2D eigenvalue weighted by Crippen LogP contribution is -2.71. The minimum Gasteiger partial charge on any atom is -0.484 e. The van der Waals surface area contributed by atoms with Crippen LogP contribution < -0.4 is 20.1 Å². The quantitative estimate of drug-likeness (QED) is 0.156. The standard InChI is InChI=1S/C30H35Cl2F2N2O10P/c1-28(2,17-45-47(40,41)42)14-27(39)46-24-13-29(35-25(37)15-43-18-3-5-20(31)22(33)11-18)7-9-30(24,10-8-29)36-26(38)16-44-19-4-6-21(32)23(34)12-19/h3-6,11-12,24H,7-10,13-17H2,1-2H3,(H,35,37)(H,36,38)(H2,40,41,42)/t24-,29?,30?/m0/s1. The molecule has 3 aliphatic rings. The molecule has 0 saturated heterocycles. The summed E-state index contributed by atoms with van der Waals surface area (Å²) in [6.07, 6.45) is 0.369. The maximum Gasteiger partial charge on any atom is 0.469 e. The van der Waals surface area contributed by atoms with Crippen LogP contribution in [0.1, 0.15) is 52.4 Å². The Labute approximate surface area is 279 Å². The number of fused-ring (bicyclic) bond motifs is 3. The predicted molar refractivity (Wildman–Crippen MR) is 165 cm³/mol. The zero-order chi connectivity index (χ0) is 34.6. The van der Waals surface area contributed by atoms with Crippen LogP contribution in [0.4, 0.5) is 8.78 Å². The van der Waals surface area contributed by atoms with Gasteiger partial charge in [0.2, 0.25) is 0 Å². The van der Waals surface area contributed by atoms with Crippen molar-refractivity contribution < 1.29 is 56.3 Å². The first kappa shape index (κ1) is 36.8. The topological polar surface area (TPSA) is 170 Å². The second kappa shape index (κ2) is 14.6. The second-order valence-corrected chi connectivity index (χ2v) is 14.6. The van der Waals surface area contributed by atoms with E-state index < -0.39 is 79.7 Å². The third-order valence-corrected chi connectivity index (χ3v) is 9.21. The van der Waals surface area contributed by atoms with Gasteiger partial charge in [-0.2, -0.15) is 0 Å². The first-order chi connectivity index (χ1) is 21.9. The Morgan fingerprint density at radius 1 is 0.915 bits per heavy atom. The van der Waals surface area contributed by atoms with Gasteiger partial charge in [-0.25, -0.2) is 13.3 Å². The van der Waals surface area contributed by atoms with E-state index in [9.17, 15) is 27.7 Å². The van der Waals surface area contributed by atoms with Gasteiger partial charge in [-0.05, 0) is 55.4 Å². The van der Waals surface area contributed by atoms with Crippen molar-refractivity contribution >= 4 is 48.8 Å². The molecule has 1 atom stereocenters. The number of carbonyl (C=O) groups excluding carboxylic acids is 3. The first-order valence-electron chi connectivity index (χ1n) is 14.6. The van der Waals surface area contributed by atoms with Crippen LogP contribution in [0.3, 0.4) is 0 Å². The highest BCUT2D eigenvalue weighted by atomic mass is 35.5.